The molecule has 1 N–H and O–H groups in total. The molecule has 0 unspecified atom stereocenters. The molecule has 0 aliphatic heterocycles. The fourth-order valence-corrected chi connectivity index (χ4v) is 2.77. The second-order valence-electron chi connectivity index (χ2n) is 7.94. The minimum absolute atomic E-state index is 0.0865. The van der Waals surface area contributed by atoms with Crippen molar-refractivity contribution in [3.63, 3.8) is 0 Å². The Balaban J connectivity index is 1.36. The van der Waals surface area contributed by atoms with Crippen LogP contribution in [-0.4, -0.2) is 46.4 Å². The molecule has 8 heteroatoms. The van der Waals surface area contributed by atoms with Crippen molar-refractivity contribution in [1.82, 2.24) is 20.1 Å². The average Bonchev–Trinajstić information content (AvgIpc) is 3.30. The Bertz CT molecular complexity index is 992. The average molecular weight is 422 g/mol. The number of nitrogens with zero attached hydrogens (tertiary/aromatic N) is 3. The van der Waals surface area contributed by atoms with Crippen LogP contribution in [0.1, 0.15) is 36.7 Å². The first-order valence-electron chi connectivity index (χ1n) is 9.95. The summed E-state index contributed by atoms with van der Waals surface area (Å²) in [6, 6.07) is 14.5. The quantitative estimate of drug-likeness (QED) is 0.443. The molecular formula is C23H26N4O4. The zero-order chi connectivity index (χ0) is 22.3. The topological polar surface area (TPSA) is 95.3 Å². The summed E-state index contributed by atoms with van der Waals surface area (Å²) in [5.41, 5.74) is 2.42. The number of nitrogens with one attached hydrogen (secondary N) is 1. The number of aromatic nitrogens is 3. The maximum atomic E-state index is 12.1. The van der Waals surface area contributed by atoms with Crippen LogP contribution in [0.5, 0.6) is 5.75 Å². The van der Waals surface area contributed by atoms with Crippen molar-refractivity contribution in [3.8, 4) is 11.4 Å². The lowest BCUT2D eigenvalue weighted by molar-refractivity contribution is -0.124. The van der Waals surface area contributed by atoms with Crippen molar-refractivity contribution in [2.24, 2.45) is 0 Å². The number of hydrogen-bond donors (Lipinski definition) is 1. The molecule has 31 heavy (non-hydrogen) atoms. The summed E-state index contributed by atoms with van der Waals surface area (Å²) in [7, 11) is 0. The normalized spacial score (nSPS) is 11.1. The van der Waals surface area contributed by atoms with Crippen LogP contribution in [-0.2, 0) is 14.9 Å². The first-order valence-corrected chi connectivity index (χ1v) is 9.95. The van der Waals surface area contributed by atoms with E-state index >= 15 is 0 Å². The van der Waals surface area contributed by atoms with Crippen LogP contribution in [0.25, 0.3) is 5.69 Å². The molecule has 0 aliphatic carbocycles. The van der Waals surface area contributed by atoms with Crippen LogP contribution in [0.15, 0.2) is 61.2 Å². The van der Waals surface area contributed by atoms with Crippen LogP contribution in [0.3, 0.4) is 0 Å². The van der Waals surface area contributed by atoms with E-state index in [0.29, 0.717) is 18.7 Å². The van der Waals surface area contributed by atoms with Crippen molar-refractivity contribution >= 4 is 11.9 Å². The minimum atomic E-state index is -0.574. The number of hydrogen-bond acceptors (Lipinski definition) is 6. The van der Waals surface area contributed by atoms with E-state index in [1.807, 2.05) is 24.3 Å². The number of carbonyl (C=O) groups is 2. The predicted molar refractivity (Wildman–Crippen MR) is 115 cm³/mol. The second-order valence-corrected chi connectivity index (χ2v) is 7.94. The zero-order valence-electron chi connectivity index (χ0n) is 17.9. The molecule has 3 aromatic rings. The van der Waals surface area contributed by atoms with Crippen molar-refractivity contribution in [2.45, 2.75) is 26.2 Å². The monoisotopic (exact) mass is 422 g/mol. The summed E-state index contributed by atoms with van der Waals surface area (Å²) < 4.78 is 12.3. The zero-order valence-corrected chi connectivity index (χ0v) is 17.9. The molecule has 1 amide bonds. The fourth-order valence-electron chi connectivity index (χ4n) is 2.77. The van der Waals surface area contributed by atoms with Gasteiger partial charge in [0.1, 0.15) is 25.0 Å². The number of esters is 1. The van der Waals surface area contributed by atoms with Crippen molar-refractivity contribution < 1.29 is 19.1 Å². The first kappa shape index (κ1) is 22.0. The Morgan fingerprint density at radius 1 is 1.03 bits per heavy atom. The van der Waals surface area contributed by atoms with E-state index in [1.54, 1.807) is 35.3 Å². The maximum absolute atomic E-state index is 12.1. The standard InChI is InChI=1S/C23H26N4O4/c1-23(2,3)18-6-10-20(11-7-18)30-13-12-25-21(28)14-31-22(29)17-4-8-19(9-5-17)27-16-24-15-26-27/h4-11,15-16H,12-14H2,1-3H3,(H,25,28). The fraction of sp³-hybridized carbons (Fsp3) is 0.304. The van der Waals surface area contributed by atoms with Gasteiger partial charge in [-0.25, -0.2) is 14.5 Å². The highest BCUT2D eigenvalue weighted by Gasteiger charge is 2.13. The number of carbonyl (C=O) groups excluding carboxylic acids is 2. The van der Waals surface area contributed by atoms with Crippen molar-refractivity contribution in [2.75, 3.05) is 19.8 Å². The molecule has 0 spiro atoms. The van der Waals surface area contributed by atoms with Crippen molar-refractivity contribution in [3.05, 3.63) is 72.3 Å². The predicted octanol–water partition coefficient (Wildman–Crippen LogP) is 2.92. The Morgan fingerprint density at radius 3 is 2.35 bits per heavy atom. The minimum Gasteiger partial charge on any atom is -0.492 e. The lowest BCUT2D eigenvalue weighted by Gasteiger charge is -2.19. The van der Waals surface area contributed by atoms with Crippen LogP contribution in [0, 0.1) is 0 Å². The highest BCUT2D eigenvalue weighted by Crippen LogP contribution is 2.24. The molecule has 0 atom stereocenters. The van der Waals surface area contributed by atoms with Gasteiger partial charge in [-0.2, -0.15) is 5.10 Å². The van der Waals surface area contributed by atoms with Gasteiger partial charge in [0, 0.05) is 0 Å². The number of rotatable bonds is 8. The Morgan fingerprint density at radius 2 is 1.74 bits per heavy atom. The van der Waals surface area contributed by atoms with Gasteiger partial charge in [0.2, 0.25) is 0 Å². The van der Waals surface area contributed by atoms with Crippen LogP contribution in [0.4, 0.5) is 0 Å². The molecule has 1 aromatic heterocycles. The summed E-state index contributed by atoms with van der Waals surface area (Å²) in [5.74, 6) is -0.224. The molecule has 8 nitrogen and oxygen atoms in total. The number of benzene rings is 2. The summed E-state index contributed by atoms with van der Waals surface area (Å²) >= 11 is 0. The van der Waals surface area contributed by atoms with Gasteiger partial charge in [0.05, 0.1) is 17.8 Å². The lowest BCUT2D eigenvalue weighted by atomic mass is 9.87. The molecule has 0 fully saturated rings. The van der Waals surface area contributed by atoms with Gasteiger partial charge < -0.3 is 14.8 Å². The van der Waals surface area contributed by atoms with Gasteiger partial charge in [-0.15, -0.1) is 0 Å². The highest BCUT2D eigenvalue weighted by molar-refractivity contribution is 5.91. The van der Waals surface area contributed by atoms with Gasteiger partial charge >= 0.3 is 5.97 Å². The molecule has 0 radical (unpaired) electrons. The highest BCUT2D eigenvalue weighted by atomic mass is 16.5. The first-order chi connectivity index (χ1) is 14.8. The third kappa shape index (κ3) is 6.40. The maximum Gasteiger partial charge on any atom is 0.338 e. The molecule has 162 valence electrons. The van der Waals surface area contributed by atoms with E-state index in [-0.39, 0.29) is 17.9 Å². The van der Waals surface area contributed by atoms with E-state index in [0.717, 1.165) is 11.4 Å². The molecule has 0 saturated heterocycles. The summed E-state index contributed by atoms with van der Waals surface area (Å²) in [4.78, 5) is 27.9. The van der Waals surface area contributed by atoms with Crippen molar-refractivity contribution in [1.29, 1.82) is 0 Å². The van der Waals surface area contributed by atoms with Crippen LogP contribution < -0.4 is 10.1 Å². The van der Waals surface area contributed by atoms with E-state index in [1.165, 1.54) is 11.9 Å². The van der Waals surface area contributed by atoms with Gasteiger partial charge in [0.15, 0.2) is 6.61 Å². The third-order valence-electron chi connectivity index (χ3n) is 4.53. The van der Waals surface area contributed by atoms with Gasteiger partial charge in [-0.05, 0) is 47.4 Å². The molecule has 2 aromatic carbocycles. The summed E-state index contributed by atoms with van der Waals surface area (Å²) in [5, 5.41) is 6.68. The molecule has 1 heterocycles. The molecule has 3 rings (SSSR count). The molecule has 0 bridgehead atoms. The Hall–Kier alpha value is -3.68. The van der Waals surface area contributed by atoms with Crippen LogP contribution in [0.2, 0.25) is 0 Å². The third-order valence-corrected chi connectivity index (χ3v) is 4.53. The summed E-state index contributed by atoms with van der Waals surface area (Å²) in [6.07, 6.45) is 2.98. The Labute approximate surface area is 181 Å². The molecular weight excluding hydrogens is 396 g/mol. The SMILES string of the molecule is CC(C)(C)c1ccc(OCCNC(=O)COC(=O)c2ccc(-n3cncn3)cc2)cc1. The lowest BCUT2D eigenvalue weighted by Crippen LogP contribution is -2.32. The number of amides is 1. The van der Waals surface area contributed by atoms with Gasteiger partial charge in [-0.3, -0.25) is 4.79 Å². The van der Waals surface area contributed by atoms with Gasteiger partial charge in [-0.1, -0.05) is 32.9 Å². The van der Waals surface area contributed by atoms with Crippen LogP contribution >= 0.6 is 0 Å². The molecule has 0 aliphatic rings. The summed E-state index contributed by atoms with van der Waals surface area (Å²) in [6.45, 7) is 6.73. The van der Waals surface area contributed by atoms with E-state index in [9.17, 15) is 9.59 Å². The smallest absolute Gasteiger partial charge is 0.338 e. The molecule has 0 saturated carbocycles. The Kier molecular flexibility index (Phi) is 7.02. The number of ether oxygens (including phenoxy) is 2. The second kappa shape index (κ2) is 9.88. The van der Waals surface area contributed by atoms with E-state index in [4.69, 9.17) is 9.47 Å². The van der Waals surface area contributed by atoms with E-state index < -0.39 is 5.97 Å². The van der Waals surface area contributed by atoms with Gasteiger partial charge in [0.25, 0.3) is 5.91 Å². The largest absolute Gasteiger partial charge is 0.492 e. The van der Waals surface area contributed by atoms with E-state index in [2.05, 4.69) is 36.2 Å².